The number of morpholine rings is 1. The van der Waals surface area contributed by atoms with Gasteiger partial charge in [0.05, 0.1) is 18.8 Å². The molecule has 2 aliphatic rings. The molecule has 0 aliphatic carbocycles. The molecule has 0 radical (unpaired) electrons. The van der Waals surface area contributed by atoms with Crippen LogP contribution in [0.5, 0.6) is 0 Å². The van der Waals surface area contributed by atoms with Gasteiger partial charge in [0.1, 0.15) is 0 Å². The Hall–Kier alpha value is -0.160. The molecule has 0 aromatic carbocycles. The summed E-state index contributed by atoms with van der Waals surface area (Å²) in [5, 5.41) is 0. The van der Waals surface area contributed by atoms with Crippen LogP contribution in [0.1, 0.15) is 12.8 Å². The number of hydrogen-bond donors (Lipinski definition) is 1. The van der Waals surface area contributed by atoms with E-state index in [1.807, 2.05) is 0 Å². The first-order valence-corrected chi connectivity index (χ1v) is 5.54. The van der Waals surface area contributed by atoms with Crippen LogP contribution in [0.2, 0.25) is 0 Å². The Morgan fingerprint density at radius 1 is 1.21 bits per heavy atom. The Morgan fingerprint density at radius 2 is 2.07 bits per heavy atom. The largest absolute Gasteiger partial charge is 0.377 e. The molecule has 0 aromatic rings. The van der Waals surface area contributed by atoms with E-state index in [1.165, 1.54) is 12.8 Å². The van der Waals surface area contributed by atoms with Gasteiger partial charge in [-0.2, -0.15) is 0 Å². The second-order valence-corrected chi connectivity index (χ2v) is 4.12. The summed E-state index contributed by atoms with van der Waals surface area (Å²) in [4.78, 5) is 2.41. The Morgan fingerprint density at radius 3 is 2.79 bits per heavy atom. The fourth-order valence-corrected chi connectivity index (χ4v) is 2.17. The molecule has 2 saturated heterocycles. The standard InChI is InChI=1S/C10H20N2O2/c11-6-10-8-12(3-5-14-10)7-9-2-1-4-13-9/h9-10H,1-8,11H2. The summed E-state index contributed by atoms with van der Waals surface area (Å²) in [5.74, 6) is 0. The lowest BCUT2D eigenvalue weighted by atomic mass is 10.2. The molecule has 14 heavy (non-hydrogen) atoms. The molecule has 2 N–H and O–H groups in total. The van der Waals surface area contributed by atoms with Gasteiger partial charge in [-0.3, -0.25) is 4.90 Å². The van der Waals surface area contributed by atoms with Crippen LogP contribution in [0.3, 0.4) is 0 Å². The van der Waals surface area contributed by atoms with E-state index in [2.05, 4.69) is 4.90 Å². The van der Waals surface area contributed by atoms with Crippen molar-refractivity contribution in [3.63, 3.8) is 0 Å². The Bertz CT molecular complexity index is 172. The van der Waals surface area contributed by atoms with Crippen molar-refractivity contribution >= 4 is 0 Å². The summed E-state index contributed by atoms with van der Waals surface area (Å²) in [7, 11) is 0. The zero-order valence-corrected chi connectivity index (χ0v) is 8.65. The minimum absolute atomic E-state index is 0.227. The quantitative estimate of drug-likeness (QED) is 0.687. The number of nitrogens with zero attached hydrogens (tertiary/aromatic N) is 1. The molecule has 2 unspecified atom stereocenters. The van der Waals surface area contributed by atoms with Crippen molar-refractivity contribution in [2.75, 3.05) is 39.4 Å². The van der Waals surface area contributed by atoms with E-state index in [0.717, 1.165) is 32.8 Å². The smallest absolute Gasteiger partial charge is 0.0824 e. The molecule has 2 rings (SSSR count). The molecule has 2 fully saturated rings. The monoisotopic (exact) mass is 200 g/mol. The molecule has 0 bridgehead atoms. The molecule has 4 heteroatoms. The Labute approximate surface area is 85.3 Å². The van der Waals surface area contributed by atoms with Crippen molar-refractivity contribution in [3.8, 4) is 0 Å². The number of rotatable bonds is 3. The molecule has 0 saturated carbocycles. The van der Waals surface area contributed by atoms with Gasteiger partial charge in [-0.1, -0.05) is 0 Å². The normalized spacial score (nSPS) is 34.9. The van der Waals surface area contributed by atoms with Crippen LogP contribution < -0.4 is 5.73 Å². The van der Waals surface area contributed by atoms with Gasteiger partial charge in [0, 0.05) is 32.8 Å². The van der Waals surface area contributed by atoms with E-state index < -0.39 is 0 Å². The first-order chi connectivity index (χ1) is 6.88. The van der Waals surface area contributed by atoms with E-state index in [9.17, 15) is 0 Å². The van der Waals surface area contributed by atoms with Gasteiger partial charge in [0.25, 0.3) is 0 Å². The lowest BCUT2D eigenvalue weighted by Crippen LogP contribution is -2.47. The fraction of sp³-hybridized carbons (Fsp3) is 1.00. The van der Waals surface area contributed by atoms with Gasteiger partial charge in [0.2, 0.25) is 0 Å². The molecule has 2 atom stereocenters. The Balaban J connectivity index is 1.73. The highest BCUT2D eigenvalue weighted by Gasteiger charge is 2.23. The average Bonchev–Trinajstić information content (AvgIpc) is 2.71. The molecular formula is C10H20N2O2. The predicted molar refractivity (Wildman–Crippen MR) is 54.2 cm³/mol. The minimum Gasteiger partial charge on any atom is -0.377 e. The molecule has 0 aromatic heterocycles. The van der Waals surface area contributed by atoms with Gasteiger partial charge >= 0.3 is 0 Å². The summed E-state index contributed by atoms with van der Waals surface area (Å²) >= 11 is 0. The van der Waals surface area contributed by atoms with Crippen molar-refractivity contribution in [1.29, 1.82) is 0 Å². The molecule has 0 spiro atoms. The highest BCUT2D eigenvalue weighted by atomic mass is 16.5. The van der Waals surface area contributed by atoms with Crippen molar-refractivity contribution < 1.29 is 9.47 Å². The van der Waals surface area contributed by atoms with E-state index in [-0.39, 0.29) is 6.10 Å². The van der Waals surface area contributed by atoms with Gasteiger partial charge < -0.3 is 15.2 Å². The molecular weight excluding hydrogens is 180 g/mol. The SMILES string of the molecule is NCC1CN(CC2CCCO2)CCO1. The summed E-state index contributed by atoms with van der Waals surface area (Å²) in [6.45, 7) is 5.43. The van der Waals surface area contributed by atoms with Crippen LogP contribution in [-0.2, 0) is 9.47 Å². The lowest BCUT2D eigenvalue weighted by molar-refractivity contribution is -0.0385. The van der Waals surface area contributed by atoms with Crippen molar-refractivity contribution in [3.05, 3.63) is 0 Å². The highest BCUT2D eigenvalue weighted by Crippen LogP contribution is 2.14. The van der Waals surface area contributed by atoms with Gasteiger partial charge in [-0.15, -0.1) is 0 Å². The summed E-state index contributed by atoms with van der Waals surface area (Å²) in [6.07, 6.45) is 3.11. The zero-order chi connectivity index (χ0) is 9.80. The average molecular weight is 200 g/mol. The first-order valence-electron chi connectivity index (χ1n) is 5.54. The maximum absolute atomic E-state index is 5.61. The van der Waals surface area contributed by atoms with Gasteiger partial charge in [-0.05, 0) is 12.8 Å². The molecule has 2 aliphatic heterocycles. The maximum Gasteiger partial charge on any atom is 0.0824 e. The van der Waals surface area contributed by atoms with Crippen LogP contribution >= 0.6 is 0 Å². The van der Waals surface area contributed by atoms with E-state index in [0.29, 0.717) is 12.6 Å². The van der Waals surface area contributed by atoms with Crippen molar-refractivity contribution in [1.82, 2.24) is 4.90 Å². The maximum atomic E-state index is 5.61. The van der Waals surface area contributed by atoms with Crippen LogP contribution in [0, 0.1) is 0 Å². The zero-order valence-electron chi connectivity index (χ0n) is 8.65. The van der Waals surface area contributed by atoms with E-state index >= 15 is 0 Å². The minimum atomic E-state index is 0.227. The topological polar surface area (TPSA) is 47.7 Å². The van der Waals surface area contributed by atoms with Crippen LogP contribution in [0.4, 0.5) is 0 Å². The number of ether oxygens (including phenoxy) is 2. The predicted octanol–water partition coefficient (Wildman–Crippen LogP) is -0.175. The summed E-state index contributed by atoms with van der Waals surface area (Å²) < 4.78 is 11.1. The number of hydrogen-bond acceptors (Lipinski definition) is 4. The third-order valence-electron chi connectivity index (χ3n) is 2.97. The number of nitrogens with two attached hydrogens (primary N) is 1. The summed E-state index contributed by atoms with van der Waals surface area (Å²) in [5.41, 5.74) is 5.59. The van der Waals surface area contributed by atoms with Crippen LogP contribution in [0.25, 0.3) is 0 Å². The highest BCUT2D eigenvalue weighted by molar-refractivity contribution is 4.76. The lowest BCUT2D eigenvalue weighted by Gasteiger charge is -2.33. The third kappa shape index (κ3) is 2.67. The van der Waals surface area contributed by atoms with E-state index in [4.69, 9.17) is 15.2 Å². The van der Waals surface area contributed by atoms with Crippen LogP contribution in [-0.4, -0.2) is 56.5 Å². The van der Waals surface area contributed by atoms with Gasteiger partial charge in [-0.25, -0.2) is 0 Å². The van der Waals surface area contributed by atoms with Crippen molar-refractivity contribution in [2.45, 2.75) is 25.0 Å². The summed E-state index contributed by atoms with van der Waals surface area (Å²) in [6, 6.07) is 0. The fourth-order valence-electron chi connectivity index (χ4n) is 2.17. The second kappa shape index (κ2) is 5.07. The molecule has 82 valence electrons. The molecule has 0 amide bonds. The van der Waals surface area contributed by atoms with Gasteiger partial charge in [0.15, 0.2) is 0 Å². The molecule has 4 nitrogen and oxygen atoms in total. The van der Waals surface area contributed by atoms with Crippen LogP contribution in [0.15, 0.2) is 0 Å². The first kappa shape index (κ1) is 10.4. The third-order valence-corrected chi connectivity index (χ3v) is 2.97. The Kier molecular flexibility index (Phi) is 3.75. The van der Waals surface area contributed by atoms with Crippen molar-refractivity contribution in [2.24, 2.45) is 5.73 Å². The van der Waals surface area contributed by atoms with E-state index in [1.54, 1.807) is 0 Å². The molecule has 2 heterocycles. The second-order valence-electron chi connectivity index (χ2n) is 4.12.